The van der Waals surface area contributed by atoms with Gasteiger partial charge in [-0.3, -0.25) is 9.59 Å². The molecule has 0 spiro atoms. The molecule has 2 aromatic rings. The van der Waals surface area contributed by atoms with Gasteiger partial charge in [0.1, 0.15) is 0 Å². The van der Waals surface area contributed by atoms with Crippen molar-refractivity contribution in [2.45, 2.75) is 25.8 Å². The van der Waals surface area contributed by atoms with Gasteiger partial charge in [0.15, 0.2) is 0 Å². The number of nitrogens with one attached hydrogen (secondary N) is 2. The van der Waals surface area contributed by atoms with Crippen LogP contribution in [0, 0.1) is 0 Å². The van der Waals surface area contributed by atoms with E-state index in [0.717, 1.165) is 16.5 Å². The van der Waals surface area contributed by atoms with Gasteiger partial charge < -0.3 is 15.4 Å². The molecule has 1 amide bonds. The van der Waals surface area contributed by atoms with Crippen molar-refractivity contribution in [1.82, 2.24) is 5.32 Å². The summed E-state index contributed by atoms with van der Waals surface area (Å²) in [6.07, 6.45) is 0.199. The van der Waals surface area contributed by atoms with Gasteiger partial charge in [-0.25, -0.2) is 0 Å². The number of carbonyl (C=O) groups is 2. The van der Waals surface area contributed by atoms with Gasteiger partial charge in [0, 0.05) is 16.6 Å². The van der Waals surface area contributed by atoms with E-state index in [1.165, 1.54) is 7.11 Å². The van der Waals surface area contributed by atoms with E-state index >= 15 is 0 Å². The first-order chi connectivity index (χ1) is 10.9. The first-order valence-electron chi connectivity index (χ1n) is 7.51. The lowest BCUT2D eigenvalue weighted by atomic mass is 10.0. The number of methoxy groups -OCH3 is 1. The first kappa shape index (κ1) is 17.0. The average Bonchev–Trinajstić information content (AvgIpc) is 2.53. The van der Waals surface area contributed by atoms with Crippen LogP contribution in [0.15, 0.2) is 42.5 Å². The van der Waals surface area contributed by atoms with E-state index in [4.69, 9.17) is 0 Å². The van der Waals surface area contributed by atoms with E-state index in [1.807, 2.05) is 56.3 Å². The Hall–Kier alpha value is -2.40. The maximum absolute atomic E-state index is 12.2. The van der Waals surface area contributed by atoms with Gasteiger partial charge in [-0.1, -0.05) is 36.4 Å². The lowest BCUT2D eigenvalue weighted by Gasteiger charge is -2.24. The SMILES string of the molecule is COC(=O)CC(C)(C)NCC(=O)Nc1cccc2ccccc12. The molecule has 0 radical (unpaired) electrons. The summed E-state index contributed by atoms with van der Waals surface area (Å²) >= 11 is 0. The predicted octanol–water partition coefficient (Wildman–Crippen LogP) is 2.71. The van der Waals surface area contributed by atoms with Crippen molar-refractivity contribution in [3.8, 4) is 0 Å². The molecule has 5 nitrogen and oxygen atoms in total. The normalized spacial score (nSPS) is 11.3. The molecule has 5 heteroatoms. The maximum Gasteiger partial charge on any atom is 0.307 e. The zero-order valence-corrected chi connectivity index (χ0v) is 13.7. The molecule has 2 N–H and O–H groups in total. The predicted molar refractivity (Wildman–Crippen MR) is 91.3 cm³/mol. The fraction of sp³-hybridized carbons (Fsp3) is 0.333. The summed E-state index contributed by atoms with van der Waals surface area (Å²) in [7, 11) is 1.35. The van der Waals surface area contributed by atoms with Gasteiger partial charge in [0.05, 0.1) is 20.1 Å². The minimum absolute atomic E-state index is 0.118. The van der Waals surface area contributed by atoms with Gasteiger partial charge in [0.25, 0.3) is 0 Å². The van der Waals surface area contributed by atoms with E-state index in [2.05, 4.69) is 15.4 Å². The van der Waals surface area contributed by atoms with Gasteiger partial charge in [-0.05, 0) is 25.3 Å². The van der Waals surface area contributed by atoms with Crippen molar-refractivity contribution in [2.75, 3.05) is 19.0 Å². The van der Waals surface area contributed by atoms with E-state index in [0.29, 0.717) is 0 Å². The highest BCUT2D eigenvalue weighted by molar-refractivity contribution is 6.02. The van der Waals surface area contributed by atoms with Crippen LogP contribution in [0.1, 0.15) is 20.3 Å². The number of hydrogen-bond donors (Lipinski definition) is 2. The number of benzene rings is 2. The lowest BCUT2D eigenvalue weighted by Crippen LogP contribution is -2.45. The molecule has 0 fully saturated rings. The number of esters is 1. The Morgan fingerprint density at radius 2 is 1.78 bits per heavy atom. The Labute approximate surface area is 136 Å². The van der Waals surface area contributed by atoms with Crippen LogP contribution in [0.4, 0.5) is 5.69 Å². The fourth-order valence-corrected chi connectivity index (χ4v) is 2.34. The van der Waals surface area contributed by atoms with Crippen molar-refractivity contribution in [2.24, 2.45) is 0 Å². The molecule has 0 atom stereocenters. The minimum Gasteiger partial charge on any atom is -0.469 e. The Morgan fingerprint density at radius 1 is 1.09 bits per heavy atom. The fourth-order valence-electron chi connectivity index (χ4n) is 2.34. The maximum atomic E-state index is 12.2. The number of carbonyl (C=O) groups excluding carboxylic acids is 2. The van der Waals surface area contributed by atoms with Crippen LogP contribution in [-0.4, -0.2) is 31.1 Å². The Morgan fingerprint density at radius 3 is 2.52 bits per heavy atom. The second kappa shape index (κ2) is 7.24. The summed E-state index contributed by atoms with van der Waals surface area (Å²) in [5.41, 5.74) is 0.268. The van der Waals surface area contributed by atoms with Crippen LogP contribution in [-0.2, 0) is 14.3 Å². The highest BCUT2D eigenvalue weighted by Gasteiger charge is 2.22. The number of rotatable bonds is 6. The topological polar surface area (TPSA) is 67.4 Å². The van der Waals surface area contributed by atoms with E-state index in [-0.39, 0.29) is 24.8 Å². The van der Waals surface area contributed by atoms with Crippen molar-refractivity contribution in [1.29, 1.82) is 0 Å². The number of anilines is 1. The summed E-state index contributed by atoms with van der Waals surface area (Å²) in [6, 6.07) is 13.7. The standard InChI is InChI=1S/C18H22N2O3/c1-18(2,11-17(22)23-3)19-12-16(21)20-15-10-6-8-13-7-4-5-9-14(13)15/h4-10,19H,11-12H2,1-3H3,(H,20,21). The summed E-state index contributed by atoms with van der Waals surface area (Å²) < 4.78 is 4.66. The number of hydrogen-bond acceptors (Lipinski definition) is 4. The highest BCUT2D eigenvalue weighted by Crippen LogP contribution is 2.22. The van der Waals surface area contributed by atoms with Crippen LogP contribution >= 0.6 is 0 Å². The highest BCUT2D eigenvalue weighted by atomic mass is 16.5. The first-order valence-corrected chi connectivity index (χ1v) is 7.51. The van der Waals surface area contributed by atoms with Crippen LogP contribution < -0.4 is 10.6 Å². The van der Waals surface area contributed by atoms with Gasteiger partial charge in [0.2, 0.25) is 5.91 Å². The Balaban J connectivity index is 1.98. The molecular weight excluding hydrogens is 292 g/mol. The van der Waals surface area contributed by atoms with Crippen LogP contribution in [0.3, 0.4) is 0 Å². The monoisotopic (exact) mass is 314 g/mol. The van der Waals surface area contributed by atoms with Crippen molar-refractivity contribution in [3.05, 3.63) is 42.5 Å². The van der Waals surface area contributed by atoms with Gasteiger partial charge >= 0.3 is 5.97 Å². The van der Waals surface area contributed by atoms with Gasteiger partial charge in [-0.2, -0.15) is 0 Å². The van der Waals surface area contributed by atoms with Gasteiger partial charge in [-0.15, -0.1) is 0 Å². The molecule has 0 unspecified atom stereocenters. The summed E-state index contributed by atoms with van der Waals surface area (Å²) in [6.45, 7) is 3.83. The molecule has 0 aliphatic rings. The van der Waals surface area contributed by atoms with Crippen molar-refractivity contribution in [3.63, 3.8) is 0 Å². The molecule has 0 heterocycles. The molecule has 122 valence electrons. The van der Waals surface area contributed by atoms with Crippen LogP contribution in [0.25, 0.3) is 10.8 Å². The summed E-state index contributed by atoms with van der Waals surface area (Å²) in [5.74, 6) is -0.462. The van der Waals surface area contributed by atoms with E-state index in [9.17, 15) is 9.59 Å². The second-order valence-electron chi connectivity index (χ2n) is 6.07. The van der Waals surface area contributed by atoms with E-state index < -0.39 is 5.54 Å². The molecule has 0 saturated carbocycles. The minimum atomic E-state index is -0.511. The molecule has 2 aromatic carbocycles. The second-order valence-corrected chi connectivity index (χ2v) is 6.07. The smallest absolute Gasteiger partial charge is 0.307 e. The zero-order valence-electron chi connectivity index (χ0n) is 13.7. The number of fused-ring (bicyclic) bond motifs is 1. The van der Waals surface area contributed by atoms with Crippen LogP contribution in [0.5, 0.6) is 0 Å². The quantitative estimate of drug-likeness (QED) is 0.805. The average molecular weight is 314 g/mol. The zero-order chi connectivity index (χ0) is 16.9. The van der Waals surface area contributed by atoms with Crippen molar-refractivity contribution >= 4 is 28.3 Å². The lowest BCUT2D eigenvalue weighted by molar-refractivity contribution is -0.142. The summed E-state index contributed by atoms with van der Waals surface area (Å²) in [5, 5.41) is 8.06. The third kappa shape index (κ3) is 4.79. The largest absolute Gasteiger partial charge is 0.469 e. The molecule has 0 aromatic heterocycles. The molecule has 23 heavy (non-hydrogen) atoms. The van der Waals surface area contributed by atoms with Crippen molar-refractivity contribution < 1.29 is 14.3 Å². The summed E-state index contributed by atoms with van der Waals surface area (Å²) in [4.78, 5) is 23.5. The Bertz CT molecular complexity index is 705. The molecule has 0 saturated heterocycles. The number of amides is 1. The molecule has 2 rings (SSSR count). The molecular formula is C18H22N2O3. The van der Waals surface area contributed by atoms with E-state index in [1.54, 1.807) is 0 Å². The molecule has 0 aliphatic carbocycles. The molecule has 0 bridgehead atoms. The third-order valence-corrected chi connectivity index (χ3v) is 3.61. The third-order valence-electron chi connectivity index (χ3n) is 3.61. The van der Waals surface area contributed by atoms with Crippen LogP contribution in [0.2, 0.25) is 0 Å². The molecule has 0 aliphatic heterocycles. The Kier molecular flexibility index (Phi) is 5.34. The number of ether oxygens (including phenoxy) is 1.